The third-order valence-corrected chi connectivity index (χ3v) is 3.04. The molecule has 0 aliphatic carbocycles. The molecule has 0 aliphatic heterocycles. The van der Waals surface area contributed by atoms with Crippen molar-refractivity contribution in [2.45, 2.75) is 5.92 Å². The molecule has 0 aromatic heterocycles. The van der Waals surface area contributed by atoms with Crippen LogP contribution in [0.3, 0.4) is 0 Å². The Morgan fingerprint density at radius 1 is 1.16 bits per heavy atom. The fourth-order valence-corrected chi connectivity index (χ4v) is 1.94. The molecule has 2 rings (SSSR count). The Hall–Kier alpha value is -1.58. The van der Waals surface area contributed by atoms with Crippen molar-refractivity contribution in [1.82, 2.24) is 0 Å². The van der Waals surface area contributed by atoms with Crippen LogP contribution in [0.5, 0.6) is 5.75 Å². The SMILES string of the molecule is OCC(COc1ccc(F)cc1)c1cccc(Cl)c1. The van der Waals surface area contributed by atoms with Gasteiger partial charge in [0.25, 0.3) is 0 Å². The lowest BCUT2D eigenvalue weighted by Gasteiger charge is -2.16. The van der Waals surface area contributed by atoms with E-state index >= 15 is 0 Å². The topological polar surface area (TPSA) is 29.5 Å². The molecule has 0 radical (unpaired) electrons. The molecule has 0 aliphatic rings. The molecule has 2 aromatic carbocycles. The van der Waals surface area contributed by atoms with Gasteiger partial charge in [-0.3, -0.25) is 0 Å². The van der Waals surface area contributed by atoms with E-state index in [1.807, 2.05) is 12.1 Å². The number of ether oxygens (including phenoxy) is 1. The molecule has 1 atom stereocenters. The molecule has 0 fully saturated rings. The van der Waals surface area contributed by atoms with E-state index in [0.717, 1.165) is 5.56 Å². The highest BCUT2D eigenvalue weighted by atomic mass is 35.5. The van der Waals surface area contributed by atoms with Crippen LogP contribution >= 0.6 is 11.6 Å². The quantitative estimate of drug-likeness (QED) is 0.906. The minimum Gasteiger partial charge on any atom is -0.493 e. The van der Waals surface area contributed by atoms with E-state index in [1.165, 1.54) is 12.1 Å². The van der Waals surface area contributed by atoms with Crippen molar-refractivity contribution < 1.29 is 14.2 Å². The van der Waals surface area contributed by atoms with E-state index in [4.69, 9.17) is 16.3 Å². The second-order valence-corrected chi connectivity index (χ2v) is 4.64. The number of aliphatic hydroxyl groups is 1. The van der Waals surface area contributed by atoms with Gasteiger partial charge in [-0.1, -0.05) is 23.7 Å². The fourth-order valence-electron chi connectivity index (χ4n) is 1.74. The van der Waals surface area contributed by atoms with Gasteiger partial charge in [0.15, 0.2) is 0 Å². The molecule has 0 amide bonds. The average Bonchev–Trinajstić information content (AvgIpc) is 2.42. The molecule has 4 heteroatoms. The number of halogens is 2. The van der Waals surface area contributed by atoms with Gasteiger partial charge in [0.05, 0.1) is 13.2 Å². The molecular formula is C15H14ClFO2. The second-order valence-electron chi connectivity index (χ2n) is 4.20. The van der Waals surface area contributed by atoms with Gasteiger partial charge in [-0.2, -0.15) is 0 Å². The van der Waals surface area contributed by atoms with Crippen molar-refractivity contribution in [2.24, 2.45) is 0 Å². The number of hydrogen-bond donors (Lipinski definition) is 1. The van der Waals surface area contributed by atoms with Crippen molar-refractivity contribution in [2.75, 3.05) is 13.2 Å². The third kappa shape index (κ3) is 3.94. The Labute approximate surface area is 116 Å². The summed E-state index contributed by atoms with van der Waals surface area (Å²) in [6.07, 6.45) is 0. The van der Waals surface area contributed by atoms with E-state index in [1.54, 1.807) is 24.3 Å². The van der Waals surface area contributed by atoms with Crippen LogP contribution in [-0.4, -0.2) is 18.3 Å². The predicted molar refractivity (Wildman–Crippen MR) is 73.2 cm³/mol. The summed E-state index contributed by atoms with van der Waals surface area (Å²) in [5.41, 5.74) is 0.914. The van der Waals surface area contributed by atoms with Crippen molar-refractivity contribution in [3.8, 4) is 5.75 Å². The normalized spacial score (nSPS) is 12.2. The second kappa shape index (κ2) is 6.55. The highest BCUT2D eigenvalue weighted by Crippen LogP contribution is 2.21. The first kappa shape index (κ1) is 13.8. The first-order valence-electron chi connectivity index (χ1n) is 5.93. The standard InChI is InChI=1S/C15H14ClFO2/c16-13-3-1-2-11(8-13)12(9-18)10-19-15-6-4-14(17)5-7-15/h1-8,12,18H,9-10H2. The molecule has 2 nitrogen and oxygen atoms in total. The summed E-state index contributed by atoms with van der Waals surface area (Å²) in [7, 11) is 0. The molecule has 100 valence electrons. The van der Waals surface area contributed by atoms with Crippen LogP contribution in [0.15, 0.2) is 48.5 Å². The van der Waals surface area contributed by atoms with E-state index in [2.05, 4.69) is 0 Å². The van der Waals surface area contributed by atoms with Crippen LogP contribution in [0.2, 0.25) is 5.02 Å². The highest BCUT2D eigenvalue weighted by molar-refractivity contribution is 6.30. The van der Waals surface area contributed by atoms with Gasteiger partial charge >= 0.3 is 0 Å². The Kier molecular flexibility index (Phi) is 4.77. The number of benzene rings is 2. The van der Waals surface area contributed by atoms with Gasteiger partial charge in [0.2, 0.25) is 0 Å². The summed E-state index contributed by atoms with van der Waals surface area (Å²) in [6, 6.07) is 13.1. The van der Waals surface area contributed by atoms with Crippen molar-refractivity contribution in [3.05, 3.63) is 64.9 Å². The van der Waals surface area contributed by atoms with Crippen molar-refractivity contribution >= 4 is 11.6 Å². The number of rotatable bonds is 5. The van der Waals surface area contributed by atoms with Gasteiger partial charge in [-0.05, 0) is 42.0 Å². The molecule has 0 bridgehead atoms. The zero-order valence-corrected chi connectivity index (χ0v) is 11.0. The molecule has 19 heavy (non-hydrogen) atoms. The number of aliphatic hydroxyl groups excluding tert-OH is 1. The van der Waals surface area contributed by atoms with Gasteiger partial charge in [0.1, 0.15) is 11.6 Å². The predicted octanol–water partition coefficient (Wildman–Crippen LogP) is 3.63. The van der Waals surface area contributed by atoms with E-state index in [9.17, 15) is 9.50 Å². The van der Waals surface area contributed by atoms with E-state index in [-0.39, 0.29) is 18.3 Å². The van der Waals surface area contributed by atoms with E-state index < -0.39 is 0 Å². The smallest absolute Gasteiger partial charge is 0.123 e. The zero-order valence-electron chi connectivity index (χ0n) is 10.2. The lowest BCUT2D eigenvalue weighted by atomic mass is 10.0. The molecular weight excluding hydrogens is 267 g/mol. The van der Waals surface area contributed by atoms with Crippen LogP contribution in [0.25, 0.3) is 0 Å². The summed E-state index contributed by atoms with van der Waals surface area (Å²) in [6.45, 7) is 0.268. The first-order chi connectivity index (χ1) is 9.19. The van der Waals surface area contributed by atoms with Gasteiger partial charge < -0.3 is 9.84 Å². The minimum absolute atomic E-state index is 0.0401. The Balaban J connectivity index is 2.01. The Morgan fingerprint density at radius 3 is 2.53 bits per heavy atom. The van der Waals surface area contributed by atoms with Crippen molar-refractivity contribution in [1.29, 1.82) is 0 Å². The van der Waals surface area contributed by atoms with Crippen LogP contribution in [0, 0.1) is 5.82 Å². The maximum absolute atomic E-state index is 12.8. The molecule has 0 saturated heterocycles. The van der Waals surface area contributed by atoms with Crippen LogP contribution in [-0.2, 0) is 0 Å². The van der Waals surface area contributed by atoms with Gasteiger partial charge in [0, 0.05) is 10.9 Å². The first-order valence-corrected chi connectivity index (χ1v) is 6.31. The highest BCUT2D eigenvalue weighted by Gasteiger charge is 2.12. The minimum atomic E-state index is -0.305. The Bertz CT molecular complexity index is 528. The molecule has 0 spiro atoms. The van der Waals surface area contributed by atoms with E-state index in [0.29, 0.717) is 17.4 Å². The lowest BCUT2D eigenvalue weighted by molar-refractivity contribution is 0.205. The maximum Gasteiger partial charge on any atom is 0.123 e. The lowest BCUT2D eigenvalue weighted by Crippen LogP contribution is -2.14. The molecule has 1 N–H and O–H groups in total. The molecule has 2 aromatic rings. The summed E-state index contributed by atoms with van der Waals surface area (Å²) >= 11 is 5.92. The third-order valence-electron chi connectivity index (χ3n) is 2.81. The van der Waals surface area contributed by atoms with Crippen LogP contribution in [0.4, 0.5) is 4.39 Å². The maximum atomic E-state index is 12.8. The van der Waals surface area contributed by atoms with Gasteiger partial charge in [-0.25, -0.2) is 4.39 Å². The van der Waals surface area contributed by atoms with Gasteiger partial charge in [-0.15, -0.1) is 0 Å². The van der Waals surface area contributed by atoms with Crippen LogP contribution in [0.1, 0.15) is 11.5 Å². The molecule has 1 unspecified atom stereocenters. The summed E-state index contributed by atoms with van der Waals surface area (Å²) in [5, 5.41) is 10.0. The average molecular weight is 281 g/mol. The summed E-state index contributed by atoms with van der Waals surface area (Å²) < 4.78 is 18.3. The van der Waals surface area contributed by atoms with Crippen molar-refractivity contribution in [3.63, 3.8) is 0 Å². The van der Waals surface area contributed by atoms with Crippen LogP contribution < -0.4 is 4.74 Å². The largest absolute Gasteiger partial charge is 0.493 e. The monoisotopic (exact) mass is 280 g/mol. The Morgan fingerprint density at radius 2 is 1.89 bits per heavy atom. The summed E-state index contributed by atoms with van der Waals surface area (Å²) in [5.74, 6) is 0.103. The number of hydrogen-bond acceptors (Lipinski definition) is 2. The molecule has 0 heterocycles. The summed E-state index contributed by atoms with van der Waals surface area (Å²) in [4.78, 5) is 0. The fraction of sp³-hybridized carbons (Fsp3) is 0.200. The molecule has 0 saturated carbocycles. The zero-order chi connectivity index (χ0) is 13.7.